The van der Waals surface area contributed by atoms with E-state index in [9.17, 15) is 4.79 Å². The maximum Gasteiger partial charge on any atom is 0.333 e. The average Bonchev–Trinajstić information content (AvgIpc) is 2.75. The molecule has 0 heterocycles. The molecule has 152 valence electrons. The Morgan fingerprint density at radius 1 is 0.821 bits per heavy atom. The number of aliphatic hydroxyl groups excluding tert-OH is 2. The number of esters is 1. The summed E-state index contributed by atoms with van der Waals surface area (Å²) in [6.07, 6.45) is 0.521. The van der Waals surface area contributed by atoms with Gasteiger partial charge in [0.15, 0.2) is 4.75 Å². The Hall–Kier alpha value is -1.90. The minimum atomic E-state index is -1.22. The first kappa shape index (κ1) is 22.4. The van der Waals surface area contributed by atoms with E-state index in [-0.39, 0.29) is 33.0 Å². The summed E-state index contributed by atoms with van der Waals surface area (Å²) < 4.78 is 15.1. The molecule has 0 bridgehead atoms. The maximum atomic E-state index is 13.3. The SMILES string of the molecule is O=C(OCCCOCCO)C(SOCCO)(c1ccccc1)c1ccccc1. The monoisotopic (exact) mass is 406 g/mol. The molecule has 0 aliphatic carbocycles. The fourth-order valence-electron chi connectivity index (χ4n) is 2.64. The summed E-state index contributed by atoms with van der Waals surface area (Å²) >= 11 is 0.981. The zero-order valence-electron chi connectivity index (χ0n) is 15.7. The van der Waals surface area contributed by atoms with Crippen molar-refractivity contribution in [3.8, 4) is 0 Å². The van der Waals surface area contributed by atoms with E-state index < -0.39 is 10.7 Å². The van der Waals surface area contributed by atoms with Crippen molar-refractivity contribution >= 4 is 18.0 Å². The molecule has 0 saturated heterocycles. The first-order chi connectivity index (χ1) is 13.8. The number of benzene rings is 2. The molecule has 2 N–H and O–H groups in total. The highest BCUT2D eigenvalue weighted by atomic mass is 32.2. The molecule has 2 rings (SSSR count). The third-order valence-corrected chi connectivity index (χ3v) is 5.08. The van der Waals surface area contributed by atoms with Crippen LogP contribution in [0.5, 0.6) is 0 Å². The molecule has 0 amide bonds. The molecule has 0 spiro atoms. The molecule has 0 radical (unpaired) electrons. The highest BCUT2D eigenvalue weighted by Gasteiger charge is 2.45. The molecule has 0 atom stereocenters. The Labute approximate surface area is 169 Å². The van der Waals surface area contributed by atoms with E-state index in [1.165, 1.54) is 0 Å². The number of hydrogen-bond donors (Lipinski definition) is 2. The van der Waals surface area contributed by atoms with Gasteiger partial charge in [-0.2, -0.15) is 0 Å². The van der Waals surface area contributed by atoms with Crippen LogP contribution >= 0.6 is 12.0 Å². The van der Waals surface area contributed by atoms with Crippen molar-refractivity contribution in [2.24, 2.45) is 0 Å². The van der Waals surface area contributed by atoms with Crippen molar-refractivity contribution < 1.29 is 28.7 Å². The lowest BCUT2D eigenvalue weighted by atomic mass is 9.90. The first-order valence-electron chi connectivity index (χ1n) is 9.14. The summed E-state index contributed by atoms with van der Waals surface area (Å²) in [4.78, 5) is 13.3. The standard InChI is InChI=1S/C21H26O6S/c22-12-16-25-14-7-15-26-20(24)21(28-27-17-13-23,18-8-3-1-4-9-18)19-10-5-2-6-11-19/h1-6,8-11,22-23H,7,12-17H2. The van der Waals surface area contributed by atoms with E-state index in [1.54, 1.807) is 0 Å². The Balaban J connectivity index is 2.26. The van der Waals surface area contributed by atoms with Gasteiger partial charge < -0.3 is 23.9 Å². The molecule has 0 fully saturated rings. The van der Waals surface area contributed by atoms with Crippen molar-refractivity contribution in [1.29, 1.82) is 0 Å². The summed E-state index contributed by atoms with van der Waals surface area (Å²) in [6.45, 7) is 0.747. The van der Waals surface area contributed by atoms with Crippen LogP contribution in [0.15, 0.2) is 60.7 Å². The van der Waals surface area contributed by atoms with Crippen molar-refractivity contribution in [2.75, 3.05) is 39.6 Å². The van der Waals surface area contributed by atoms with Crippen LogP contribution in [0.4, 0.5) is 0 Å². The minimum absolute atomic E-state index is 0.0379. The van der Waals surface area contributed by atoms with Crippen LogP contribution in [-0.4, -0.2) is 55.8 Å². The lowest BCUT2D eigenvalue weighted by molar-refractivity contribution is -0.146. The zero-order chi connectivity index (χ0) is 20.1. The molecule has 0 aliphatic rings. The van der Waals surface area contributed by atoms with Gasteiger partial charge in [0.1, 0.15) is 0 Å². The molecular weight excluding hydrogens is 380 g/mol. The van der Waals surface area contributed by atoms with Crippen LogP contribution in [0.2, 0.25) is 0 Å². The number of rotatable bonds is 13. The van der Waals surface area contributed by atoms with E-state index in [4.69, 9.17) is 23.9 Å². The third-order valence-electron chi connectivity index (χ3n) is 3.91. The fourth-order valence-corrected chi connectivity index (χ4v) is 3.57. The number of ether oxygens (including phenoxy) is 2. The van der Waals surface area contributed by atoms with Gasteiger partial charge in [-0.1, -0.05) is 60.7 Å². The molecule has 0 saturated carbocycles. The first-order valence-corrected chi connectivity index (χ1v) is 9.88. The highest BCUT2D eigenvalue weighted by Crippen LogP contribution is 2.44. The van der Waals surface area contributed by atoms with Crippen molar-refractivity contribution in [3.63, 3.8) is 0 Å². The quantitative estimate of drug-likeness (QED) is 0.300. The average molecular weight is 407 g/mol. The molecule has 2 aromatic carbocycles. The zero-order valence-corrected chi connectivity index (χ0v) is 16.5. The van der Waals surface area contributed by atoms with Gasteiger partial charge in [-0.25, -0.2) is 4.79 Å². The second kappa shape index (κ2) is 12.5. The van der Waals surface area contributed by atoms with Crippen LogP contribution in [0, 0.1) is 0 Å². The van der Waals surface area contributed by atoms with Gasteiger partial charge in [0, 0.05) is 25.1 Å². The van der Waals surface area contributed by atoms with Crippen LogP contribution < -0.4 is 0 Å². The Kier molecular flexibility index (Phi) is 10.0. The van der Waals surface area contributed by atoms with Gasteiger partial charge in [-0.3, -0.25) is 0 Å². The third kappa shape index (κ3) is 6.05. The topological polar surface area (TPSA) is 85.2 Å². The van der Waals surface area contributed by atoms with Crippen LogP contribution in [0.25, 0.3) is 0 Å². The summed E-state index contributed by atoms with van der Waals surface area (Å²) in [5.74, 6) is -0.449. The number of carbonyl (C=O) groups excluding carboxylic acids is 1. The van der Waals surface area contributed by atoms with Crippen LogP contribution in [0.1, 0.15) is 17.5 Å². The van der Waals surface area contributed by atoms with Crippen LogP contribution in [0.3, 0.4) is 0 Å². The smallest absolute Gasteiger partial charge is 0.333 e. The lowest BCUT2D eigenvalue weighted by Crippen LogP contribution is -2.36. The van der Waals surface area contributed by atoms with E-state index >= 15 is 0 Å². The van der Waals surface area contributed by atoms with Gasteiger partial charge >= 0.3 is 5.97 Å². The number of aliphatic hydroxyl groups is 2. The fraction of sp³-hybridized carbons (Fsp3) is 0.381. The van der Waals surface area contributed by atoms with E-state index in [1.807, 2.05) is 60.7 Å². The molecule has 0 aliphatic heterocycles. The Morgan fingerprint density at radius 2 is 1.39 bits per heavy atom. The molecule has 2 aromatic rings. The molecule has 0 aromatic heterocycles. The van der Waals surface area contributed by atoms with Crippen molar-refractivity contribution in [1.82, 2.24) is 0 Å². The summed E-state index contributed by atoms with van der Waals surface area (Å²) in [5, 5.41) is 17.8. The molecular formula is C21H26O6S. The normalized spacial score (nSPS) is 11.4. The van der Waals surface area contributed by atoms with E-state index in [2.05, 4.69) is 0 Å². The van der Waals surface area contributed by atoms with Crippen molar-refractivity contribution in [2.45, 2.75) is 11.2 Å². The number of hydrogen-bond acceptors (Lipinski definition) is 7. The largest absolute Gasteiger partial charge is 0.464 e. The summed E-state index contributed by atoms with van der Waals surface area (Å²) in [6, 6.07) is 18.6. The van der Waals surface area contributed by atoms with E-state index in [0.717, 1.165) is 23.2 Å². The van der Waals surface area contributed by atoms with Gasteiger partial charge in [-0.15, -0.1) is 0 Å². The van der Waals surface area contributed by atoms with Gasteiger partial charge in [-0.05, 0) is 11.1 Å². The van der Waals surface area contributed by atoms with Gasteiger partial charge in [0.05, 0.1) is 33.0 Å². The number of carbonyl (C=O) groups is 1. The van der Waals surface area contributed by atoms with Gasteiger partial charge in [0.25, 0.3) is 0 Å². The van der Waals surface area contributed by atoms with Gasteiger partial charge in [0.2, 0.25) is 0 Å². The molecule has 7 heteroatoms. The maximum absolute atomic E-state index is 13.3. The summed E-state index contributed by atoms with van der Waals surface area (Å²) in [5.41, 5.74) is 1.45. The van der Waals surface area contributed by atoms with E-state index in [0.29, 0.717) is 13.0 Å². The lowest BCUT2D eigenvalue weighted by Gasteiger charge is -2.31. The van der Waals surface area contributed by atoms with Crippen LogP contribution in [-0.2, 0) is 23.2 Å². The molecule has 6 nitrogen and oxygen atoms in total. The predicted molar refractivity (Wildman–Crippen MR) is 108 cm³/mol. The Morgan fingerprint density at radius 3 is 1.93 bits per heavy atom. The second-order valence-corrected chi connectivity index (χ2v) is 6.88. The highest BCUT2D eigenvalue weighted by molar-refractivity contribution is 7.96. The predicted octanol–water partition coefficient (Wildman–Crippen LogP) is 2.53. The Bertz CT molecular complexity index is 640. The summed E-state index contributed by atoms with van der Waals surface area (Å²) in [7, 11) is 0. The molecule has 0 unspecified atom stereocenters. The molecule has 28 heavy (non-hydrogen) atoms. The van der Waals surface area contributed by atoms with Crippen molar-refractivity contribution in [3.05, 3.63) is 71.8 Å². The second-order valence-electron chi connectivity index (χ2n) is 5.87. The minimum Gasteiger partial charge on any atom is -0.464 e.